The zero-order valence-electron chi connectivity index (χ0n) is 12.9. The Kier molecular flexibility index (Phi) is 3.57. The molecule has 0 spiro atoms. The molecule has 1 N–H and O–H groups in total. The van der Waals surface area contributed by atoms with Crippen molar-refractivity contribution in [3.05, 3.63) is 70.2 Å². The minimum absolute atomic E-state index is 0.0916. The molecule has 2 aromatic carbocycles. The average Bonchev–Trinajstić information content (AvgIpc) is 3.39. The van der Waals surface area contributed by atoms with Crippen LogP contribution in [-0.2, 0) is 4.79 Å². The van der Waals surface area contributed by atoms with Crippen LogP contribution >= 0.6 is 11.6 Å². The molecule has 1 heterocycles. The average molecular weight is 342 g/mol. The molecule has 1 amide bonds. The van der Waals surface area contributed by atoms with Gasteiger partial charge in [-0.3, -0.25) is 9.59 Å². The van der Waals surface area contributed by atoms with E-state index in [1.165, 1.54) is 0 Å². The summed E-state index contributed by atoms with van der Waals surface area (Å²) in [4.78, 5) is 26.9. The van der Waals surface area contributed by atoms with Crippen molar-refractivity contribution in [3.63, 3.8) is 0 Å². The molecule has 2 aliphatic rings. The molecule has 4 nitrogen and oxygen atoms in total. The summed E-state index contributed by atoms with van der Waals surface area (Å²) in [5, 5.41) is 10.4. The lowest BCUT2D eigenvalue weighted by Gasteiger charge is -2.41. The number of halogens is 1. The van der Waals surface area contributed by atoms with Gasteiger partial charge in [0, 0.05) is 16.6 Å². The van der Waals surface area contributed by atoms with Crippen molar-refractivity contribution in [2.24, 2.45) is 0 Å². The number of rotatable bonds is 3. The van der Waals surface area contributed by atoms with E-state index in [0.717, 1.165) is 12.8 Å². The van der Waals surface area contributed by atoms with Crippen LogP contribution < -0.4 is 0 Å². The Balaban J connectivity index is 1.95. The molecule has 4 rings (SSSR count). The fourth-order valence-electron chi connectivity index (χ4n) is 3.62. The monoisotopic (exact) mass is 341 g/mol. The van der Waals surface area contributed by atoms with Crippen molar-refractivity contribution in [2.75, 3.05) is 0 Å². The van der Waals surface area contributed by atoms with Crippen molar-refractivity contribution in [1.82, 2.24) is 4.90 Å². The summed E-state index contributed by atoms with van der Waals surface area (Å²) in [5.74, 6) is -1.86. The lowest BCUT2D eigenvalue weighted by atomic mass is 9.79. The van der Waals surface area contributed by atoms with Gasteiger partial charge in [-0.1, -0.05) is 48.0 Å². The molecule has 5 heteroatoms. The molecule has 1 aliphatic heterocycles. The first-order valence-electron chi connectivity index (χ1n) is 7.98. The smallest absolute Gasteiger partial charge is 0.313 e. The van der Waals surface area contributed by atoms with Gasteiger partial charge in [0.15, 0.2) is 0 Å². The third-order valence-corrected chi connectivity index (χ3v) is 5.15. The fraction of sp³-hybridized carbons (Fsp3) is 0.263. The highest BCUT2D eigenvalue weighted by molar-refractivity contribution is 6.31. The highest BCUT2D eigenvalue weighted by atomic mass is 35.5. The van der Waals surface area contributed by atoms with E-state index in [2.05, 4.69) is 0 Å². The minimum Gasteiger partial charge on any atom is -0.481 e. The van der Waals surface area contributed by atoms with Gasteiger partial charge in [-0.25, -0.2) is 0 Å². The molecule has 122 valence electrons. The number of benzene rings is 2. The minimum atomic E-state index is -0.939. The van der Waals surface area contributed by atoms with E-state index in [1.54, 1.807) is 35.2 Å². The third-order valence-electron chi connectivity index (χ3n) is 4.81. The van der Waals surface area contributed by atoms with Gasteiger partial charge >= 0.3 is 5.97 Å². The summed E-state index contributed by atoms with van der Waals surface area (Å²) in [6, 6.07) is 13.7. The lowest BCUT2D eigenvalue weighted by molar-refractivity contribution is -0.140. The third kappa shape index (κ3) is 2.29. The van der Waals surface area contributed by atoms with E-state index in [4.69, 9.17) is 11.6 Å². The quantitative estimate of drug-likeness (QED) is 0.922. The van der Waals surface area contributed by atoms with E-state index < -0.39 is 17.9 Å². The summed E-state index contributed by atoms with van der Waals surface area (Å²) in [6.07, 6.45) is 1.81. The molecule has 0 bridgehead atoms. The summed E-state index contributed by atoms with van der Waals surface area (Å²) in [6.45, 7) is 0. The zero-order valence-corrected chi connectivity index (χ0v) is 13.6. The molecule has 1 saturated carbocycles. The van der Waals surface area contributed by atoms with Crippen LogP contribution in [0.5, 0.6) is 0 Å². The second kappa shape index (κ2) is 5.64. The van der Waals surface area contributed by atoms with Crippen molar-refractivity contribution >= 4 is 23.5 Å². The lowest BCUT2D eigenvalue weighted by Crippen LogP contribution is -2.46. The molecule has 2 atom stereocenters. The van der Waals surface area contributed by atoms with Crippen molar-refractivity contribution in [1.29, 1.82) is 0 Å². The number of carboxylic acids is 1. The van der Waals surface area contributed by atoms with E-state index in [0.29, 0.717) is 21.7 Å². The Bertz CT molecular complexity index is 831. The highest BCUT2D eigenvalue weighted by Gasteiger charge is 2.49. The first-order chi connectivity index (χ1) is 11.6. The molecular weight excluding hydrogens is 326 g/mol. The second-order valence-corrected chi connectivity index (χ2v) is 6.72. The van der Waals surface area contributed by atoms with Crippen molar-refractivity contribution in [3.8, 4) is 0 Å². The maximum Gasteiger partial charge on any atom is 0.313 e. The van der Waals surface area contributed by atoms with Crippen molar-refractivity contribution in [2.45, 2.75) is 30.8 Å². The molecular formula is C19H16ClNO3. The molecule has 0 saturated heterocycles. The van der Waals surface area contributed by atoms with Gasteiger partial charge in [-0.2, -0.15) is 0 Å². The maximum absolute atomic E-state index is 13.1. The van der Waals surface area contributed by atoms with Gasteiger partial charge < -0.3 is 10.0 Å². The highest BCUT2D eigenvalue weighted by Crippen LogP contribution is 2.48. The largest absolute Gasteiger partial charge is 0.481 e. The van der Waals surface area contributed by atoms with E-state index in [9.17, 15) is 14.7 Å². The Morgan fingerprint density at radius 1 is 1.04 bits per heavy atom. The Labute approximate surface area is 144 Å². The Hall–Kier alpha value is -2.33. The molecule has 24 heavy (non-hydrogen) atoms. The number of hydrogen-bond donors (Lipinski definition) is 1. The SMILES string of the molecule is O=C(O)[C@H]1c2ccccc2C(=O)N(C2CC2)[C@H]1c1ccccc1Cl. The van der Waals surface area contributed by atoms with Gasteiger partial charge in [0.1, 0.15) is 5.92 Å². The fourth-order valence-corrected chi connectivity index (χ4v) is 3.86. The molecule has 2 aromatic rings. The maximum atomic E-state index is 13.1. The second-order valence-electron chi connectivity index (χ2n) is 6.31. The molecule has 0 unspecified atom stereocenters. The van der Waals surface area contributed by atoms with Crippen LogP contribution in [-0.4, -0.2) is 27.9 Å². The van der Waals surface area contributed by atoms with Crippen LogP contribution in [0.15, 0.2) is 48.5 Å². The summed E-state index contributed by atoms with van der Waals surface area (Å²) in [5.41, 5.74) is 1.75. The predicted octanol–water partition coefficient (Wildman–Crippen LogP) is 3.87. The number of amides is 1. The van der Waals surface area contributed by atoms with E-state index in [1.807, 2.05) is 18.2 Å². The normalized spacial score (nSPS) is 23.0. The van der Waals surface area contributed by atoms with Crippen LogP contribution in [0.1, 0.15) is 46.3 Å². The number of carboxylic acid groups (broad SMARTS) is 1. The predicted molar refractivity (Wildman–Crippen MR) is 90.2 cm³/mol. The topological polar surface area (TPSA) is 57.6 Å². The van der Waals surface area contributed by atoms with Crippen LogP contribution in [0, 0.1) is 0 Å². The van der Waals surface area contributed by atoms with Gasteiger partial charge in [0.05, 0.1) is 6.04 Å². The first-order valence-corrected chi connectivity index (χ1v) is 8.36. The zero-order chi connectivity index (χ0) is 16.8. The van der Waals surface area contributed by atoms with E-state index in [-0.39, 0.29) is 11.9 Å². The van der Waals surface area contributed by atoms with Crippen LogP contribution in [0.2, 0.25) is 5.02 Å². The van der Waals surface area contributed by atoms with Gasteiger partial charge in [-0.05, 0) is 36.1 Å². The summed E-state index contributed by atoms with van der Waals surface area (Å²) >= 11 is 6.36. The van der Waals surface area contributed by atoms with Gasteiger partial charge in [-0.15, -0.1) is 0 Å². The standard InChI is InChI=1S/C19H16ClNO3/c20-15-8-4-3-7-14(15)17-16(19(23)24)12-5-1-2-6-13(12)18(22)21(17)11-9-10-11/h1-8,11,16-17H,9-10H2,(H,23,24)/t16-,17-/m0/s1. The van der Waals surface area contributed by atoms with Gasteiger partial charge in [0.25, 0.3) is 5.91 Å². The van der Waals surface area contributed by atoms with Crippen LogP contribution in [0.4, 0.5) is 0 Å². The van der Waals surface area contributed by atoms with Crippen LogP contribution in [0.3, 0.4) is 0 Å². The summed E-state index contributed by atoms with van der Waals surface area (Å²) in [7, 11) is 0. The number of nitrogens with zero attached hydrogens (tertiary/aromatic N) is 1. The molecule has 1 aliphatic carbocycles. The molecule has 0 radical (unpaired) electrons. The Morgan fingerprint density at radius 3 is 2.29 bits per heavy atom. The van der Waals surface area contributed by atoms with Crippen molar-refractivity contribution < 1.29 is 14.7 Å². The number of aliphatic carboxylic acids is 1. The first kappa shape index (κ1) is 15.2. The Morgan fingerprint density at radius 2 is 1.67 bits per heavy atom. The number of carbonyl (C=O) groups excluding carboxylic acids is 1. The van der Waals surface area contributed by atoms with Crippen LogP contribution in [0.25, 0.3) is 0 Å². The number of carbonyl (C=O) groups is 2. The van der Waals surface area contributed by atoms with E-state index >= 15 is 0 Å². The molecule has 0 aromatic heterocycles. The molecule has 1 fully saturated rings. The summed E-state index contributed by atoms with van der Waals surface area (Å²) < 4.78 is 0. The number of hydrogen-bond acceptors (Lipinski definition) is 2. The van der Waals surface area contributed by atoms with Gasteiger partial charge in [0.2, 0.25) is 0 Å². The number of fused-ring (bicyclic) bond motifs is 1.